The van der Waals surface area contributed by atoms with Gasteiger partial charge in [0.2, 0.25) is 11.6 Å². The Hall–Kier alpha value is -3.25. The van der Waals surface area contributed by atoms with Gasteiger partial charge >= 0.3 is 5.69 Å². The maximum Gasteiger partial charge on any atom is 0.333 e. The van der Waals surface area contributed by atoms with E-state index in [4.69, 9.17) is 16.0 Å². The quantitative estimate of drug-likeness (QED) is 0.584. The second-order valence-electron chi connectivity index (χ2n) is 6.16. The van der Waals surface area contributed by atoms with E-state index < -0.39 is 11.2 Å². The number of hydrogen-bond acceptors (Lipinski definition) is 4. The average Bonchev–Trinajstić information content (AvgIpc) is 3.05. The number of benzene rings is 2. The first kappa shape index (κ1) is 17.2. The van der Waals surface area contributed by atoms with Crippen LogP contribution in [0.25, 0.3) is 22.2 Å². The highest BCUT2D eigenvalue weighted by molar-refractivity contribution is 6.34. The van der Waals surface area contributed by atoms with Crippen LogP contribution < -0.4 is 16.6 Å². The topological polar surface area (TPSA) is 69.2 Å². The molecule has 7 heteroatoms. The van der Waals surface area contributed by atoms with Gasteiger partial charge in [0, 0.05) is 30.4 Å². The van der Waals surface area contributed by atoms with Crippen LogP contribution in [-0.4, -0.2) is 9.13 Å². The number of nitrogens with one attached hydrogen (secondary N) is 1. The Balaban J connectivity index is 2.11. The molecule has 2 aromatic carbocycles. The van der Waals surface area contributed by atoms with Crippen molar-refractivity contribution in [1.29, 1.82) is 0 Å². The molecule has 0 amide bonds. The van der Waals surface area contributed by atoms with E-state index in [-0.39, 0.29) is 5.71 Å². The monoisotopic (exact) mass is 381 g/mol. The summed E-state index contributed by atoms with van der Waals surface area (Å²) in [6, 6.07) is 16.6. The molecule has 0 unspecified atom stereocenters. The van der Waals surface area contributed by atoms with Gasteiger partial charge in [-0.1, -0.05) is 48.0 Å². The van der Waals surface area contributed by atoms with Crippen molar-refractivity contribution in [3.63, 3.8) is 0 Å². The maximum atomic E-state index is 12.9. The molecule has 6 nitrogen and oxygen atoms in total. The molecule has 1 N–H and O–H groups in total. The van der Waals surface area contributed by atoms with Crippen LogP contribution in [0.2, 0.25) is 5.02 Å². The fourth-order valence-corrected chi connectivity index (χ4v) is 3.31. The smallest absolute Gasteiger partial charge is 0.333 e. The number of fused-ring (bicyclic) bond motifs is 1. The summed E-state index contributed by atoms with van der Waals surface area (Å²) in [6.45, 7) is 0. The van der Waals surface area contributed by atoms with Crippen molar-refractivity contribution in [2.24, 2.45) is 14.1 Å². The molecule has 4 aromatic rings. The average molecular weight is 382 g/mol. The lowest BCUT2D eigenvalue weighted by molar-refractivity contribution is 0.577. The van der Waals surface area contributed by atoms with Crippen LogP contribution in [0.3, 0.4) is 0 Å². The Bertz CT molecular complexity index is 1270. The number of rotatable bonds is 3. The van der Waals surface area contributed by atoms with Crippen LogP contribution in [0.4, 0.5) is 11.6 Å². The summed E-state index contributed by atoms with van der Waals surface area (Å²) < 4.78 is 8.31. The molecule has 2 heterocycles. The number of halogens is 1. The van der Waals surface area contributed by atoms with Crippen molar-refractivity contribution in [1.82, 2.24) is 9.13 Å². The van der Waals surface area contributed by atoms with Crippen LogP contribution >= 0.6 is 11.6 Å². The molecule has 0 fully saturated rings. The summed E-state index contributed by atoms with van der Waals surface area (Å²) in [6.07, 6.45) is 0. The lowest BCUT2D eigenvalue weighted by Crippen LogP contribution is -2.36. The summed E-state index contributed by atoms with van der Waals surface area (Å²) >= 11 is 6.41. The van der Waals surface area contributed by atoms with Crippen molar-refractivity contribution >= 4 is 34.3 Å². The van der Waals surface area contributed by atoms with Crippen LogP contribution in [0.1, 0.15) is 0 Å². The molecule has 4 rings (SSSR count). The van der Waals surface area contributed by atoms with Crippen molar-refractivity contribution in [2.75, 3.05) is 5.32 Å². The third kappa shape index (κ3) is 2.74. The molecule has 0 saturated carbocycles. The Labute approximate surface area is 159 Å². The maximum absolute atomic E-state index is 12.9. The minimum Gasteiger partial charge on any atom is -0.423 e. The van der Waals surface area contributed by atoms with Crippen LogP contribution in [-0.2, 0) is 14.1 Å². The molecule has 0 spiro atoms. The molecule has 0 atom stereocenters. The number of para-hydroxylation sites is 1. The van der Waals surface area contributed by atoms with E-state index in [1.54, 1.807) is 13.1 Å². The van der Waals surface area contributed by atoms with Crippen LogP contribution in [0.5, 0.6) is 0 Å². The van der Waals surface area contributed by atoms with Gasteiger partial charge < -0.3 is 9.73 Å². The van der Waals surface area contributed by atoms with E-state index in [1.165, 1.54) is 11.6 Å². The normalized spacial score (nSPS) is 11.1. The number of hydrogen-bond donors (Lipinski definition) is 1. The van der Waals surface area contributed by atoms with Gasteiger partial charge in [-0.3, -0.25) is 13.9 Å². The van der Waals surface area contributed by atoms with Crippen LogP contribution in [0.15, 0.2) is 68.6 Å². The zero-order valence-corrected chi connectivity index (χ0v) is 15.4. The first-order valence-corrected chi connectivity index (χ1v) is 8.66. The zero-order valence-electron chi connectivity index (χ0n) is 14.7. The van der Waals surface area contributed by atoms with E-state index in [0.717, 1.165) is 10.3 Å². The SMILES string of the molecule is Cn1c(=O)c2c(-c3ccccc3Cl)c(Nc3ccccc3)oc2n(C)c1=O. The van der Waals surface area contributed by atoms with Gasteiger partial charge in [-0.2, -0.15) is 0 Å². The van der Waals surface area contributed by atoms with Crippen molar-refractivity contribution in [3.8, 4) is 11.1 Å². The second kappa shape index (κ2) is 6.48. The Kier molecular flexibility index (Phi) is 4.12. The van der Waals surface area contributed by atoms with E-state index in [0.29, 0.717) is 27.4 Å². The molecule has 0 radical (unpaired) electrons. The Morgan fingerprint density at radius 1 is 0.926 bits per heavy atom. The molecule has 27 heavy (non-hydrogen) atoms. The van der Waals surface area contributed by atoms with E-state index in [2.05, 4.69) is 5.32 Å². The van der Waals surface area contributed by atoms with Gasteiger partial charge in [0.15, 0.2) is 0 Å². The van der Waals surface area contributed by atoms with E-state index >= 15 is 0 Å². The molecule has 136 valence electrons. The first-order valence-electron chi connectivity index (χ1n) is 8.28. The zero-order chi connectivity index (χ0) is 19.1. The summed E-state index contributed by atoms with van der Waals surface area (Å²) in [4.78, 5) is 25.2. The Morgan fingerprint density at radius 3 is 2.30 bits per heavy atom. The molecule has 0 aliphatic rings. The molecule has 0 bridgehead atoms. The third-order valence-corrected chi connectivity index (χ3v) is 4.79. The standard InChI is InChI=1S/C20H16ClN3O3/c1-23-18(25)16-15(13-10-6-7-11-14(13)21)17(22-12-8-4-3-5-9-12)27-19(16)24(2)20(23)26/h3-11,22H,1-2H3. The fraction of sp³-hybridized carbons (Fsp3) is 0.100. The fourth-order valence-electron chi connectivity index (χ4n) is 3.08. The molecule has 0 aliphatic carbocycles. The van der Waals surface area contributed by atoms with E-state index in [1.807, 2.05) is 48.5 Å². The van der Waals surface area contributed by atoms with E-state index in [9.17, 15) is 9.59 Å². The van der Waals surface area contributed by atoms with Gasteiger partial charge in [0.25, 0.3) is 5.56 Å². The highest BCUT2D eigenvalue weighted by Gasteiger charge is 2.24. The van der Waals surface area contributed by atoms with Gasteiger partial charge in [-0.25, -0.2) is 4.79 Å². The van der Waals surface area contributed by atoms with Gasteiger partial charge in [-0.15, -0.1) is 0 Å². The predicted octanol–water partition coefficient (Wildman–Crippen LogP) is 3.89. The summed E-state index contributed by atoms with van der Waals surface area (Å²) in [5.74, 6) is 0.350. The van der Waals surface area contributed by atoms with Gasteiger partial charge in [-0.05, 0) is 18.2 Å². The van der Waals surface area contributed by atoms with Crippen molar-refractivity contribution in [3.05, 3.63) is 80.5 Å². The number of anilines is 2. The van der Waals surface area contributed by atoms with Crippen molar-refractivity contribution < 1.29 is 4.42 Å². The summed E-state index contributed by atoms with van der Waals surface area (Å²) in [7, 11) is 3.01. The van der Waals surface area contributed by atoms with Gasteiger partial charge in [0.05, 0.1) is 5.56 Å². The summed E-state index contributed by atoms with van der Waals surface area (Å²) in [5.41, 5.74) is 1.25. The number of aromatic nitrogens is 2. The molecule has 0 saturated heterocycles. The van der Waals surface area contributed by atoms with Crippen molar-refractivity contribution in [2.45, 2.75) is 0 Å². The highest BCUT2D eigenvalue weighted by Crippen LogP contribution is 2.40. The second-order valence-corrected chi connectivity index (χ2v) is 6.57. The number of furan rings is 1. The molecular weight excluding hydrogens is 366 g/mol. The number of nitrogens with zero attached hydrogens (tertiary/aromatic N) is 2. The predicted molar refractivity (Wildman–Crippen MR) is 107 cm³/mol. The first-order chi connectivity index (χ1) is 13.0. The number of aryl methyl sites for hydroxylation is 1. The minimum absolute atomic E-state index is 0.191. The third-order valence-electron chi connectivity index (χ3n) is 4.46. The molecular formula is C20H16ClN3O3. The largest absolute Gasteiger partial charge is 0.423 e. The summed E-state index contributed by atoms with van der Waals surface area (Å²) in [5, 5.41) is 3.97. The molecule has 0 aliphatic heterocycles. The lowest BCUT2D eigenvalue weighted by atomic mass is 10.1. The lowest BCUT2D eigenvalue weighted by Gasteiger charge is -2.08. The minimum atomic E-state index is -0.460. The Morgan fingerprint density at radius 2 is 1.59 bits per heavy atom. The van der Waals surface area contributed by atoms with Crippen LogP contribution in [0, 0.1) is 0 Å². The highest BCUT2D eigenvalue weighted by atomic mass is 35.5. The van der Waals surface area contributed by atoms with Gasteiger partial charge in [0.1, 0.15) is 5.39 Å². The molecule has 2 aromatic heterocycles.